The Bertz CT molecular complexity index is 817. The predicted octanol–water partition coefficient (Wildman–Crippen LogP) is 3.51. The standard InChI is InChI=1S/C20H23NO4/c1-13-3-5-16(6-4-13)17-11-21(12-18(19(17)22)20(23)24)14(2)15-7-9-25-10-8-15/h3-6,11-12,14-15H,7-10H2,1-2H3,(H,23,24)/t14-/m1/s1. The van der Waals surface area contributed by atoms with Gasteiger partial charge in [0.2, 0.25) is 5.43 Å². The van der Waals surface area contributed by atoms with E-state index in [4.69, 9.17) is 4.74 Å². The van der Waals surface area contributed by atoms with Gasteiger partial charge < -0.3 is 14.4 Å². The van der Waals surface area contributed by atoms with Crippen molar-refractivity contribution in [2.45, 2.75) is 32.7 Å². The Morgan fingerprint density at radius 1 is 1.20 bits per heavy atom. The molecule has 3 rings (SSSR count). The zero-order chi connectivity index (χ0) is 18.0. The van der Waals surface area contributed by atoms with Crippen molar-refractivity contribution in [2.75, 3.05) is 13.2 Å². The van der Waals surface area contributed by atoms with Gasteiger partial charge in [-0.2, -0.15) is 0 Å². The minimum absolute atomic E-state index is 0.104. The zero-order valence-electron chi connectivity index (χ0n) is 14.6. The number of aromatic carboxylic acids is 1. The van der Waals surface area contributed by atoms with Gasteiger partial charge in [-0.15, -0.1) is 0 Å². The SMILES string of the molecule is Cc1ccc(-c2cn([C@H](C)C3CCOCC3)cc(C(=O)O)c2=O)cc1. The first kappa shape index (κ1) is 17.4. The Balaban J connectivity index is 2.08. The number of ether oxygens (including phenoxy) is 1. The van der Waals surface area contributed by atoms with Crippen LogP contribution in [0.4, 0.5) is 0 Å². The van der Waals surface area contributed by atoms with E-state index in [1.165, 1.54) is 6.20 Å². The van der Waals surface area contributed by atoms with E-state index in [9.17, 15) is 14.7 Å². The number of nitrogens with zero attached hydrogens (tertiary/aromatic N) is 1. The summed E-state index contributed by atoms with van der Waals surface area (Å²) in [7, 11) is 0. The van der Waals surface area contributed by atoms with E-state index in [2.05, 4.69) is 6.92 Å². The molecule has 0 spiro atoms. The van der Waals surface area contributed by atoms with Crippen molar-refractivity contribution in [3.63, 3.8) is 0 Å². The highest BCUT2D eigenvalue weighted by Crippen LogP contribution is 2.28. The van der Waals surface area contributed by atoms with Crippen molar-refractivity contribution in [3.05, 3.63) is 58.0 Å². The van der Waals surface area contributed by atoms with Crippen molar-refractivity contribution >= 4 is 5.97 Å². The minimum Gasteiger partial charge on any atom is -0.477 e. The monoisotopic (exact) mass is 341 g/mol. The van der Waals surface area contributed by atoms with Gasteiger partial charge in [0.05, 0.1) is 0 Å². The van der Waals surface area contributed by atoms with Gasteiger partial charge in [0, 0.05) is 37.2 Å². The summed E-state index contributed by atoms with van der Waals surface area (Å²) in [5, 5.41) is 9.46. The second-order valence-corrected chi connectivity index (χ2v) is 6.72. The molecule has 0 aliphatic carbocycles. The maximum atomic E-state index is 12.6. The van der Waals surface area contributed by atoms with Crippen molar-refractivity contribution in [2.24, 2.45) is 5.92 Å². The van der Waals surface area contributed by atoms with Gasteiger partial charge in [-0.1, -0.05) is 29.8 Å². The molecule has 0 unspecified atom stereocenters. The lowest BCUT2D eigenvalue weighted by Gasteiger charge is -2.30. The van der Waals surface area contributed by atoms with Gasteiger partial charge in [0.15, 0.2) is 0 Å². The smallest absolute Gasteiger partial charge is 0.341 e. The number of aromatic nitrogens is 1. The Labute approximate surface area is 146 Å². The van der Waals surface area contributed by atoms with Crippen molar-refractivity contribution < 1.29 is 14.6 Å². The van der Waals surface area contributed by atoms with Crippen LogP contribution in [0.1, 0.15) is 41.7 Å². The van der Waals surface area contributed by atoms with Crippen LogP contribution in [0.5, 0.6) is 0 Å². The van der Waals surface area contributed by atoms with E-state index in [0.717, 1.165) is 37.2 Å². The first-order chi connectivity index (χ1) is 12.0. The van der Waals surface area contributed by atoms with E-state index in [1.54, 1.807) is 6.20 Å². The largest absolute Gasteiger partial charge is 0.477 e. The van der Waals surface area contributed by atoms with Crippen LogP contribution in [0.25, 0.3) is 11.1 Å². The summed E-state index contributed by atoms with van der Waals surface area (Å²) in [4.78, 5) is 24.2. The predicted molar refractivity (Wildman–Crippen MR) is 96.1 cm³/mol. The van der Waals surface area contributed by atoms with Gasteiger partial charge in [-0.25, -0.2) is 4.79 Å². The summed E-state index contributed by atoms with van der Waals surface area (Å²) < 4.78 is 7.30. The highest BCUT2D eigenvalue weighted by Gasteiger charge is 2.23. The molecule has 1 N–H and O–H groups in total. The maximum Gasteiger partial charge on any atom is 0.341 e. The average Bonchev–Trinajstić information content (AvgIpc) is 2.62. The average molecular weight is 341 g/mol. The number of aryl methyl sites for hydroxylation is 1. The molecule has 5 heteroatoms. The summed E-state index contributed by atoms with van der Waals surface area (Å²) in [6.45, 7) is 5.51. The highest BCUT2D eigenvalue weighted by atomic mass is 16.5. The summed E-state index contributed by atoms with van der Waals surface area (Å²) >= 11 is 0. The van der Waals surface area contributed by atoms with Crippen LogP contribution in [0, 0.1) is 12.8 Å². The van der Waals surface area contributed by atoms with Crippen LogP contribution >= 0.6 is 0 Å². The third-order valence-corrected chi connectivity index (χ3v) is 5.06. The number of pyridine rings is 1. The number of carboxylic acids is 1. The first-order valence-corrected chi connectivity index (χ1v) is 8.61. The summed E-state index contributed by atoms with van der Waals surface area (Å²) in [5.74, 6) is -0.782. The van der Waals surface area contributed by atoms with Gasteiger partial charge in [0.25, 0.3) is 0 Å². The van der Waals surface area contributed by atoms with E-state index in [0.29, 0.717) is 11.5 Å². The maximum absolute atomic E-state index is 12.6. The summed E-state index contributed by atoms with van der Waals surface area (Å²) in [5.41, 5.74) is 1.64. The number of carboxylic acid groups (broad SMARTS) is 1. The van der Waals surface area contributed by atoms with E-state index >= 15 is 0 Å². The molecule has 1 aromatic carbocycles. The lowest BCUT2D eigenvalue weighted by Crippen LogP contribution is -2.27. The Morgan fingerprint density at radius 3 is 2.44 bits per heavy atom. The third-order valence-electron chi connectivity index (χ3n) is 5.06. The van der Waals surface area contributed by atoms with Gasteiger partial charge >= 0.3 is 5.97 Å². The molecule has 2 heterocycles. The fourth-order valence-corrected chi connectivity index (χ4v) is 3.37. The molecule has 1 atom stereocenters. The zero-order valence-corrected chi connectivity index (χ0v) is 14.6. The molecule has 1 aromatic heterocycles. The van der Waals surface area contributed by atoms with Crippen LogP contribution < -0.4 is 5.43 Å². The van der Waals surface area contributed by atoms with E-state index in [1.807, 2.05) is 35.8 Å². The van der Waals surface area contributed by atoms with Crippen molar-refractivity contribution in [1.82, 2.24) is 4.57 Å². The normalized spacial score (nSPS) is 16.6. The lowest BCUT2D eigenvalue weighted by molar-refractivity contribution is 0.0511. The number of hydrogen-bond acceptors (Lipinski definition) is 3. The minimum atomic E-state index is -1.19. The summed E-state index contributed by atoms with van der Waals surface area (Å²) in [6.07, 6.45) is 5.15. The third kappa shape index (κ3) is 3.66. The van der Waals surface area contributed by atoms with Gasteiger partial charge in [-0.3, -0.25) is 4.79 Å². The summed E-state index contributed by atoms with van der Waals surface area (Å²) in [6, 6.07) is 7.68. The molecule has 0 amide bonds. The Kier molecular flexibility index (Phi) is 5.04. The highest BCUT2D eigenvalue weighted by molar-refractivity contribution is 5.88. The van der Waals surface area contributed by atoms with Crippen LogP contribution in [-0.4, -0.2) is 28.9 Å². The Hall–Kier alpha value is -2.40. The molecular weight excluding hydrogens is 318 g/mol. The van der Waals surface area contributed by atoms with Gasteiger partial charge in [-0.05, 0) is 38.2 Å². The molecule has 1 saturated heterocycles. The molecule has 2 aromatic rings. The molecule has 1 aliphatic rings. The van der Waals surface area contributed by atoms with E-state index in [-0.39, 0.29) is 11.6 Å². The van der Waals surface area contributed by atoms with Gasteiger partial charge in [0.1, 0.15) is 5.56 Å². The van der Waals surface area contributed by atoms with Crippen molar-refractivity contribution in [3.8, 4) is 11.1 Å². The fourth-order valence-electron chi connectivity index (χ4n) is 3.37. The lowest BCUT2D eigenvalue weighted by atomic mass is 9.92. The van der Waals surface area contributed by atoms with Crippen LogP contribution in [0.2, 0.25) is 0 Å². The molecule has 132 valence electrons. The second-order valence-electron chi connectivity index (χ2n) is 6.72. The van der Waals surface area contributed by atoms with Crippen LogP contribution in [-0.2, 0) is 4.74 Å². The first-order valence-electron chi connectivity index (χ1n) is 8.61. The van der Waals surface area contributed by atoms with Crippen LogP contribution in [0.3, 0.4) is 0 Å². The molecule has 1 fully saturated rings. The molecular formula is C20H23NO4. The molecule has 0 radical (unpaired) electrons. The quantitative estimate of drug-likeness (QED) is 0.924. The molecule has 0 saturated carbocycles. The molecule has 25 heavy (non-hydrogen) atoms. The Morgan fingerprint density at radius 2 is 1.84 bits per heavy atom. The van der Waals surface area contributed by atoms with Crippen LogP contribution in [0.15, 0.2) is 41.5 Å². The number of rotatable bonds is 4. The molecule has 0 bridgehead atoms. The second kappa shape index (κ2) is 7.23. The molecule has 1 aliphatic heterocycles. The van der Waals surface area contributed by atoms with Crippen molar-refractivity contribution in [1.29, 1.82) is 0 Å². The van der Waals surface area contributed by atoms with E-state index < -0.39 is 11.4 Å². The molecule has 5 nitrogen and oxygen atoms in total. The fraction of sp³-hybridized carbons (Fsp3) is 0.400. The number of carbonyl (C=O) groups is 1. The topological polar surface area (TPSA) is 68.5 Å². The number of hydrogen-bond donors (Lipinski definition) is 1. The number of benzene rings is 1.